The fraction of sp³-hybridized carbons (Fsp3) is 0.688. The molecular weight excluding hydrogens is 298 g/mol. The quantitative estimate of drug-likeness (QED) is 0.924. The number of rotatable bonds is 3. The van der Waals surface area contributed by atoms with E-state index in [9.17, 15) is 9.59 Å². The topological polar surface area (TPSA) is 84.7 Å². The zero-order valence-corrected chi connectivity index (χ0v) is 14.3. The number of hydrogen-bond donors (Lipinski definition) is 1. The molecule has 0 saturated carbocycles. The molecule has 0 aromatic carbocycles. The summed E-state index contributed by atoms with van der Waals surface area (Å²) >= 11 is 0. The second-order valence-corrected chi connectivity index (χ2v) is 7.06. The number of carbonyl (C=O) groups is 2. The highest BCUT2D eigenvalue weighted by Crippen LogP contribution is 2.38. The maximum Gasteiger partial charge on any atom is 0.416 e. The molecule has 0 spiro atoms. The normalized spacial score (nSPS) is 24.2. The summed E-state index contributed by atoms with van der Waals surface area (Å²) in [7, 11) is 0. The van der Waals surface area contributed by atoms with Gasteiger partial charge in [0, 0.05) is 24.4 Å². The molecule has 7 heteroatoms. The Hall–Kier alpha value is -2.05. The lowest BCUT2D eigenvalue weighted by atomic mass is 9.86. The molecule has 1 aromatic rings. The minimum absolute atomic E-state index is 0.00832. The summed E-state index contributed by atoms with van der Waals surface area (Å²) < 4.78 is 7.29. The van der Waals surface area contributed by atoms with Crippen LogP contribution in [-0.2, 0) is 9.53 Å². The molecule has 1 aromatic heterocycles. The maximum absolute atomic E-state index is 12.6. The van der Waals surface area contributed by atoms with Crippen LogP contribution in [0.2, 0.25) is 0 Å². The van der Waals surface area contributed by atoms with Crippen LogP contribution in [0.1, 0.15) is 53.5 Å². The molecule has 0 saturated heterocycles. The first kappa shape index (κ1) is 17.3. The van der Waals surface area contributed by atoms with Crippen molar-refractivity contribution in [1.29, 1.82) is 0 Å². The Balaban J connectivity index is 2.32. The van der Waals surface area contributed by atoms with Crippen LogP contribution in [0.5, 0.6) is 0 Å². The Bertz CT molecular complexity index is 590. The molecule has 0 aliphatic carbocycles. The molecule has 1 aliphatic heterocycles. The average Bonchev–Trinajstić information content (AvgIpc) is 2.85. The van der Waals surface area contributed by atoms with E-state index in [0.717, 1.165) is 0 Å². The zero-order valence-electron chi connectivity index (χ0n) is 14.3. The van der Waals surface area contributed by atoms with Crippen LogP contribution < -0.4 is 4.90 Å². The predicted octanol–water partition coefficient (Wildman–Crippen LogP) is 3.07. The minimum Gasteiger partial charge on any atom is -0.481 e. The molecule has 23 heavy (non-hydrogen) atoms. The summed E-state index contributed by atoms with van der Waals surface area (Å²) in [5.74, 6) is -0.156. The summed E-state index contributed by atoms with van der Waals surface area (Å²) in [6.45, 7) is 9.40. The van der Waals surface area contributed by atoms with Crippen molar-refractivity contribution in [3.05, 3.63) is 12.3 Å². The Morgan fingerprint density at radius 3 is 2.52 bits per heavy atom. The number of carboxylic acid groups (broad SMARTS) is 1. The van der Waals surface area contributed by atoms with Gasteiger partial charge in [-0.2, -0.15) is 5.10 Å². The van der Waals surface area contributed by atoms with Crippen molar-refractivity contribution >= 4 is 17.9 Å². The van der Waals surface area contributed by atoms with Gasteiger partial charge in [-0.15, -0.1) is 0 Å². The summed E-state index contributed by atoms with van der Waals surface area (Å²) in [5.41, 5.74) is -0.596. The van der Waals surface area contributed by atoms with Crippen LogP contribution in [0, 0.1) is 5.92 Å². The predicted molar refractivity (Wildman–Crippen MR) is 85.5 cm³/mol. The van der Waals surface area contributed by atoms with Gasteiger partial charge in [0.05, 0.1) is 12.2 Å². The highest BCUT2D eigenvalue weighted by molar-refractivity contribution is 5.88. The largest absolute Gasteiger partial charge is 0.481 e. The van der Waals surface area contributed by atoms with Crippen LogP contribution in [0.3, 0.4) is 0 Å². The highest BCUT2D eigenvalue weighted by atomic mass is 16.6. The standard InChI is InChI=1S/C16H25N3O4/c1-10-12(6-7-14(20)21)11(2)19-13(8-9-17-19)18(10)15(22)23-16(3,4)5/h8-12H,6-7H2,1-5H3,(H,20,21). The van der Waals surface area contributed by atoms with E-state index in [-0.39, 0.29) is 24.4 Å². The fourth-order valence-corrected chi connectivity index (χ4v) is 3.14. The third-order valence-electron chi connectivity index (χ3n) is 4.21. The fourth-order valence-electron chi connectivity index (χ4n) is 3.14. The summed E-state index contributed by atoms with van der Waals surface area (Å²) in [4.78, 5) is 25.1. The van der Waals surface area contributed by atoms with E-state index in [1.165, 1.54) is 0 Å². The summed E-state index contributed by atoms with van der Waals surface area (Å²) in [6.07, 6.45) is 1.77. The number of nitrogens with zero attached hydrogens (tertiary/aromatic N) is 3. The van der Waals surface area contributed by atoms with Crippen molar-refractivity contribution in [3.8, 4) is 0 Å². The molecule has 0 bridgehead atoms. The smallest absolute Gasteiger partial charge is 0.416 e. The monoisotopic (exact) mass is 323 g/mol. The molecule has 7 nitrogen and oxygen atoms in total. The first-order chi connectivity index (χ1) is 10.6. The number of amides is 1. The van der Waals surface area contributed by atoms with Crippen molar-refractivity contribution < 1.29 is 19.4 Å². The lowest BCUT2D eigenvalue weighted by molar-refractivity contribution is -0.137. The molecule has 2 heterocycles. The van der Waals surface area contributed by atoms with Gasteiger partial charge in [0.2, 0.25) is 0 Å². The second-order valence-electron chi connectivity index (χ2n) is 7.06. The van der Waals surface area contributed by atoms with Crippen LogP contribution >= 0.6 is 0 Å². The molecule has 1 amide bonds. The van der Waals surface area contributed by atoms with Crippen molar-refractivity contribution in [2.75, 3.05) is 4.90 Å². The van der Waals surface area contributed by atoms with Gasteiger partial charge in [0.1, 0.15) is 11.4 Å². The van der Waals surface area contributed by atoms with Gasteiger partial charge >= 0.3 is 12.1 Å². The molecule has 128 valence electrons. The molecule has 1 aliphatic rings. The van der Waals surface area contributed by atoms with E-state index in [1.807, 2.05) is 34.6 Å². The molecule has 0 fully saturated rings. The number of anilines is 1. The number of aromatic nitrogens is 2. The van der Waals surface area contributed by atoms with E-state index < -0.39 is 17.7 Å². The highest BCUT2D eigenvalue weighted by Gasteiger charge is 2.41. The summed E-state index contributed by atoms with van der Waals surface area (Å²) in [5, 5.41) is 13.3. The van der Waals surface area contributed by atoms with Crippen LogP contribution in [0.25, 0.3) is 0 Å². The number of hydrogen-bond acceptors (Lipinski definition) is 4. The molecule has 0 radical (unpaired) electrons. The third kappa shape index (κ3) is 3.65. The van der Waals surface area contributed by atoms with E-state index in [1.54, 1.807) is 21.8 Å². The first-order valence-corrected chi connectivity index (χ1v) is 7.89. The molecule has 3 unspecified atom stereocenters. The summed E-state index contributed by atoms with van der Waals surface area (Å²) in [6, 6.07) is 1.64. The lowest BCUT2D eigenvalue weighted by Crippen LogP contribution is -2.51. The Labute approximate surface area is 136 Å². The van der Waals surface area contributed by atoms with Gasteiger partial charge in [0.15, 0.2) is 0 Å². The van der Waals surface area contributed by atoms with Crippen molar-refractivity contribution in [2.24, 2.45) is 5.92 Å². The van der Waals surface area contributed by atoms with Gasteiger partial charge in [-0.25, -0.2) is 9.48 Å². The van der Waals surface area contributed by atoms with Gasteiger partial charge in [-0.3, -0.25) is 9.69 Å². The van der Waals surface area contributed by atoms with Crippen LogP contribution in [0.4, 0.5) is 10.6 Å². The average molecular weight is 323 g/mol. The second kappa shape index (κ2) is 6.22. The van der Waals surface area contributed by atoms with Crippen molar-refractivity contribution in [3.63, 3.8) is 0 Å². The lowest BCUT2D eigenvalue weighted by Gasteiger charge is -2.43. The molecule has 3 atom stereocenters. The SMILES string of the molecule is CC1C(CCC(=O)O)C(C)n2nccc2N1C(=O)OC(C)(C)C. The van der Waals surface area contributed by atoms with Crippen LogP contribution in [-0.4, -0.2) is 38.6 Å². The minimum atomic E-state index is -0.834. The number of carbonyl (C=O) groups excluding carboxylic acids is 1. The zero-order chi connectivity index (χ0) is 17.4. The Morgan fingerprint density at radius 1 is 1.30 bits per heavy atom. The number of aliphatic carboxylic acids is 1. The van der Waals surface area contributed by atoms with Crippen molar-refractivity contribution in [2.45, 2.75) is 65.1 Å². The number of ether oxygens (including phenoxy) is 1. The van der Waals surface area contributed by atoms with E-state index in [4.69, 9.17) is 9.84 Å². The van der Waals surface area contributed by atoms with Gasteiger partial charge in [-0.1, -0.05) is 0 Å². The Kier molecular flexibility index (Phi) is 4.68. The van der Waals surface area contributed by atoms with Gasteiger partial charge in [0.25, 0.3) is 0 Å². The van der Waals surface area contributed by atoms with Crippen molar-refractivity contribution in [1.82, 2.24) is 9.78 Å². The van der Waals surface area contributed by atoms with Gasteiger partial charge < -0.3 is 9.84 Å². The van der Waals surface area contributed by atoms with E-state index in [2.05, 4.69) is 5.10 Å². The Morgan fingerprint density at radius 2 is 1.96 bits per heavy atom. The van der Waals surface area contributed by atoms with Crippen LogP contribution in [0.15, 0.2) is 12.3 Å². The maximum atomic E-state index is 12.6. The molecule has 2 rings (SSSR count). The van der Waals surface area contributed by atoms with E-state index in [0.29, 0.717) is 12.2 Å². The molecular formula is C16H25N3O4. The molecule has 1 N–H and O–H groups in total. The first-order valence-electron chi connectivity index (χ1n) is 7.89. The van der Waals surface area contributed by atoms with Gasteiger partial charge in [-0.05, 0) is 41.0 Å². The number of fused-ring (bicyclic) bond motifs is 1. The number of carboxylic acids is 1. The third-order valence-corrected chi connectivity index (χ3v) is 4.21. The van der Waals surface area contributed by atoms with E-state index >= 15 is 0 Å².